The molecule has 0 aromatic heterocycles. The molecule has 0 aromatic carbocycles. The molecule has 0 fully saturated rings. The molecule has 0 aliphatic carbocycles. The van der Waals surface area contributed by atoms with Crippen molar-refractivity contribution in [3.05, 3.63) is 3.74 Å². The van der Waals surface area contributed by atoms with Crippen molar-refractivity contribution in [2.24, 2.45) is 0 Å². The van der Waals surface area contributed by atoms with Gasteiger partial charge in [0, 0.05) is 0 Å². The highest BCUT2D eigenvalue weighted by Gasteiger charge is 1.87. The van der Waals surface area contributed by atoms with Gasteiger partial charge in [-0.1, -0.05) is 38.8 Å². The van der Waals surface area contributed by atoms with Gasteiger partial charge in [-0.25, -0.2) is 0 Å². The number of hydrogen-bond donors (Lipinski definition) is 0. The normalized spacial score (nSPS) is 9.60. The summed E-state index contributed by atoms with van der Waals surface area (Å²) in [5, 5.41) is 0. The maximum absolute atomic E-state index is 3.21. The molecule has 0 rings (SSSR count). The van der Waals surface area contributed by atoms with E-state index in [9.17, 15) is 0 Å². The molecule has 0 atom stereocenters. The first-order chi connectivity index (χ1) is 2.27. The van der Waals surface area contributed by atoms with Crippen LogP contribution in [0, 0.1) is 3.74 Å². The minimum Gasteiger partial charge on any atom is -0.0702 e. The highest BCUT2D eigenvalue weighted by molar-refractivity contribution is 9.27. The zero-order valence-corrected chi connectivity index (χ0v) is 6.14. The van der Waals surface area contributed by atoms with Crippen LogP contribution in [0.4, 0.5) is 0 Å². The lowest BCUT2D eigenvalue weighted by Crippen LogP contribution is -1.60. The minimum absolute atomic E-state index is 1.06. The summed E-state index contributed by atoms with van der Waals surface area (Å²) in [6, 6.07) is 0. The third kappa shape index (κ3) is 4.96. The number of halogens is 2. The Morgan fingerprint density at radius 3 is 1.80 bits per heavy atom. The SMILES string of the molecule is CC[C](Br)Br. The van der Waals surface area contributed by atoms with Crippen LogP contribution in [0.1, 0.15) is 13.3 Å². The highest BCUT2D eigenvalue weighted by atomic mass is 79.9. The van der Waals surface area contributed by atoms with Crippen molar-refractivity contribution in [3.8, 4) is 0 Å². The van der Waals surface area contributed by atoms with Crippen LogP contribution in [-0.4, -0.2) is 0 Å². The molecule has 0 bridgehead atoms. The molecule has 0 heterocycles. The summed E-state index contributed by atoms with van der Waals surface area (Å²) in [5.41, 5.74) is 0. The molecule has 0 spiro atoms. The van der Waals surface area contributed by atoms with Gasteiger partial charge in [0.05, 0.1) is 0 Å². The molecule has 0 aliphatic rings. The molecule has 0 unspecified atom stereocenters. The van der Waals surface area contributed by atoms with E-state index >= 15 is 0 Å². The monoisotopic (exact) mass is 199 g/mol. The van der Waals surface area contributed by atoms with Crippen LogP contribution < -0.4 is 0 Å². The van der Waals surface area contributed by atoms with Crippen LogP contribution in [0.25, 0.3) is 0 Å². The van der Waals surface area contributed by atoms with Crippen LogP contribution in [0.15, 0.2) is 0 Å². The van der Waals surface area contributed by atoms with Crippen LogP contribution in [0.2, 0.25) is 0 Å². The Hall–Kier alpha value is 0.960. The highest BCUT2D eigenvalue weighted by Crippen LogP contribution is 2.20. The predicted octanol–water partition coefficient (Wildman–Crippen LogP) is 2.68. The van der Waals surface area contributed by atoms with E-state index in [1.54, 1.807) is 0 Å². The summed E-state index contributed by atoms with van der Waals surface area (Å²) in [7, 11) is 0. The third-order valence-corrected chi connectivity index (χ3v) is 1.39. The molecule has 0 aromatic rings. The van der Waals surface area contributed by atoms with Crippen LogP contribution in [0.3, 0.4) is 0 Å². The molecule has 0 saturated carbocycles. The summed E-state index contributed by atoms with van der Waals surface area (Å²) < 4.78 is 1.13. The van der Waals surface area contributed by atoms with Crippen LogP contribution in [-0.2, 0) is 0 Å². The average Bonchev–Trinajstić information content (AvgIpc) is 1.38. The molecule has 0 amide bonds. The zero-order valence-electron chi connectivity index (χ0n) is 2.96. The summed E-state index contributed by atoms with van der Waals surface area (Å²) in [6.45, 7) is 2.07. The van der Waals surface area contributed by atoms with E-state index in [-0.39, 0.29) is 0 Å². The van der Waals surface area contributed by atoms with Gasteiger partial charge in [0.15, 0.2) is 0 Å². The first-order valence-corrected chi connectivity index (χ1v) is 3.02. The van der Waals surface area contributed by atoms with Crippen molar-refractivity contribution in [1.29, 1.82) is 0 Å². The smallest absolute Gasteiger partial charge is 0.0702 e. The maximum atomic E-state index is 3.21. The van der Waals surface area contributed by atoms with Gasteiger partial charge in [0.2, 0.25) is 0 Å². The van der Waals surface area contributed by atoms with Crippen LogP contribution >= 0.6 is 31.9 Å². The van der Waals surface area contributed by atoms with Gasteiger partial charge in [-0.3, -0.25) is 0 Å². The van der Waals surface area contributed by atoms with Crippen molar-refractivity contribution in [2.45, 2.75) is 13.3 Å². The lowest BCUT2D eigenvalue weighted by atomic mass is 10.6. The fourth-order valence-electron chi connectivity index (χ4n) is 0. The Labute approximate surface area is 49.2 Å². The largest absolute Gasteiger partial charge is 0.105 e. The summed E-state index contributed by atoms with van der Waals surface area (Å²) in [6.07, 6.45) is 1.06. The predicted molar refractivity (Wildman–Crippen MR) is 31.4 cm³/mol. The van der Waals surface area contributed by atoms with Crippen molar-refractivity contribution in [3.63, 3.8) is 0 Å². The summed E-state index contributed by atoms with van der Waals surface area (Å²) >= 11 is 6.41. The Bertz CT molecular complexity index is 18.9. The van der Waals surface area contributed by atoms with E-state index in [1.165, 1.54) is 0 Å². The van der Waals surface area contributed by atoms with Gasteiger partial charge in [0.1, 0.15) is 3.74 Å². The second kappa shape index (κ2) is 3.16. The minimum atomic E-state index is 1.06. The second-order valence-electron chi connectivity index (χ2n) is 0.692. The zero-order chi connectivity index (χ0) is 4.28. The first kappa shape index (κ1) is 5.96. The van der Waals surface area contributed by atoms with Gasteiger partial charge in [0.25, 0.3) is 0 Å². The van der Waals surface area contributed by atoms with Gasteiger partial charge in [-0.2, -0.15) is 0 Å². The second-order valence-corrected chi connectivity index (χ2v) is 3.67. The van der Waals surface area contributed by atoms with E-state index in [0.29, 0.717) is 0 Å². The van der Waals surface area contributed by atoms with Gasteiger partial charge < -0.3 is 0 Å². The number of rotatable bonds is 1. The molecule has 0 saturated heterocycles. The van der Waals surface area contributed by atoms with Gasteiger partial charge in [-0.05, 0) is 6.42 Å². The summed E-state index contributed by atoms with van der Waals surface area (Å²) in [5.74, 6) is 0. The average molecular weight is 201 g/mol. The Balaban J connectivity index is 2.54. The Morgan fingerprint density at radius 2 is 1.80 bits per heavy atom. The van der Waals surface area contributed by atoms with Crippen molar-refractivity contribution < 1.29 is 0 Å². The molecular formula is C3H5Br2. The molecule has 0 aliphatic heterocycles. The fraction of sp³-hybridized carbons (Fsp3) is 0.667. The van der Waals surface area contributed by atoms with E-state index in [0.717, 1.165) is 10.2 Å². The maximum Gasteiger partial charge on any atom is 0.105 e. The lowest BCUT2D eigenvalue weighted by Gasteiger charge is -1.83. The Kier molecular flexibility index (Phi) is 3.77. The van der Waals surface area contributed by atoms with Crippen molar-refractivity contribution in [2.75, 3.05) is 0 Å². The summed E-state index contributed by atoms with van der Waals surface area (Å²) in [4.78, 5) is 0. The fourth-order valence-corrected chi connectivity index (χ4v) is 0. The topological polar surface area (TPSA) is 0 Å². The van der Waals surface area contributed by atoms with Crippen molar-refractivity contribution >= 4 is 31.9 Å². The van der Waals surface area contributed by atoms with Crippen molar-refractivity contribution in [1.82, 2.24) is 0 Å². The van der Waals surface area contributed by atoms with Crippen LogP contribution in [0.5, 0.6) is 0 Å². The van der Waals surface area contributed by atoms with E-state index in [1.807, 2.05) is 0 Å². The molecule has 31 valence electrons. The molecule has 0 nitrogen and oxygen atoms in total. The first-order valence-electron chi connectivity index (χ1n) is 1.44. The molecule has 5 heavy (non-hydrogen) atoms. The standard InChI is InChI=1S/C3H5Br2/c1-2-3(4)5/h2H2,1H3. The molecule has 2 heteroatoms. The quantitative estimate of drug-likeness (QED) is 0.611. The lowest BCUT2D eigenvalue weighted by molar-refractivity contribution is 1.19. The van der Waals surface area contributed by atoms with Gasteiger partial charge >= 0.3 is 0 Å². The van der Waals surface area contributed by atoms with Gasteiger partial charge in [-0.15, -0.1) is 0 Å². The van der Waals surface area contributed by atoms with E-state index < -0.39 is 0 Å². The van der Waals surface area contributed by atoms with E-state index in [2.05, 4.69) is 38.8 Å². The molecule has 1 radical (unpaired) electrons. The Morgan fingerprint density at radius 1 is 1.60 bits per heavy atom. The molecular weight excluding hydrogens is 196 g/mol. The number of hydrogen-bond acceptors (Lipinski definition) is 0. The van der Waals surface area contributed by atoms with E-state index in [4.69, 9.17) is 0 Å². The molecule has 0 N–H and O–H groups in total. The third-order valence-electron chi connectivity index (χ3n) is 0.267.